The topological polar surface area (TPSA) is 0 Å². The number of aryl methyl sites for hydroxylation is 2. The zero-order chi connectivity index (χ0) is 15.2. The SMILES string of the molecule is Fc1ccc(Sc2ccc(F)cc2CCCl)c(CCCl)c1. The van der Waals surface area contributed by atoms with Gasteiger partial charge >= 0.3 is 0 Å². The highest BCUT2D eigenvalue weighted by atomic mass is 35.5. The van der Waals surface area contributed by atoms with E-state index in [1.165, 1.54) is 36.0 Å². The standard InChI is InChI=1S/C16H14Cl2F2S/c17-7-5-11-9-13(19)1-3-15(11)21-16-4-2-14(20)10-12(16)6-8-18/h1-4,9-10H,5-8H2. The molecule has 0 N–H and O–H groups in total. The first-order valence-electron chi connectivity index (χ1n) is 6.50. The third-order valence-electron chi connectivity index (χ3n) is 2.99. The molecule has 0 aliphatic rings. The maximum atomic E-state index is 13.3. The Morgan fingerprint density at radius 2 is 1.19 bits per heavy atom. The first-order chi connectivity index (χ1) is 10.1. The zero-order valence-electron chi connectivity index (χ0n) is 11.2. The summed E-state index contributed by atoms with van der Waals surface area (Å²) in [7, 11) is 0. The van der Waals surface area contributed by atoms with Gasteiger partial charge in [0.1, 0.15) is 11.6 Å². The van der Waals surface area contributed by atoms with Crippen molar-refractivity contribution in [1.29, 1.82) is 0 Å². The summed E-state index contributed by atoms with van der Waals surface area (Å²) in [5, 5.41) is 0. The maximum Gasteiger partial charge on any atom is 0.123 e. The van der Waals surface area contributed by atoms with Crippen LogP contribution in [0, 0.1) is 11.6 Å². The third kappa shape index (κ3) is 4.60. The molecule has 0 nitrogen and oxygen atoms in total. The second-order valence-electron chi connectivity index (χ2n) is 4.48. The molecule has 2 aromatic carbocycles. The van der Waals surface area contributed by atoms with Gasteiger partial charge in [0.05, 0.1) is 0 Å². The molecule has 0 heterocycles. The van der Waals surface area contributed by atoms with E-state index in [4.69, 9.17) is 23.2 Å². The average Bonchev–Trinajstić information content (AvgIpc) is 2.45. The molecule has 2 rings (SSSR count). The fraction of sp³-hybridized carbons (Fsp3) is 0.250. The molecule has 0 fully saturated rings. The van der Waals surface area contributed by atoms with Gasteiger partial charge in [0.2, 0.25) is 0 Å². The highest BCUT2D eigenvalue weighted by Crippen LogP contribution is 2.34. The van der Waals surface area contributed by atoms with E-state index >= 15 is 0 Å². The highest BCUT2D eigenvalue weighted by Gasteiger charge is 2.10. The lowest BCUT2D eigenvalue weighted by Gasteiger charge is -2.12. The lowest BCUT2D eigenvalue weighted by atomic mass is 10.1. The summed E-state index contributed by atoms with van der Waals surface area (Å²) < 4.78 is 26.7. The molecule has 0 aromatic heterocycles. The van der Waals surface area contributed by atoms with Crippen LogP contribution in [0.15, 0.2) is 46.2 Å². The molecule has 0 amide bonds. The van der Waals surface area contributed by atoms with Gasteiger partial charge in [0, 0.05) is 21.6 Å². The summed E-state index contributed by atoms with van der Waals surface area (Å²) in [6.45, 7) is 0. The van der Waals surface area contributed by atoms with E-state index in [1.54, 1.807) is 12.1 Å². The second-order valence-corrected chi connectivity index (χ2v) is 6.32. The van der Waals surface area contributed by atoms with E-state index in [9.17, 15) is 8.78 Å². The van der Waals surface area contributed by atoms with E-state index in [0.29, 0.717) is 24.6 Å². The van der Waals surface area contributed by atoms with Crippen LogP contribution in [0.1, 0.15) is 11.1 Å². The van der Waals surface area contributed by atoms with Gasteiger partial charge in [-0.1, -0.05) is 11.8 Å². The normalized spacial score (nSPS) is 10.9. The highest BCUT2D eigenvalue weighted by molar-refractivity contribution is 7.99. The number of alkyl halides is 2. The summed E-state index contributed by atoms with van der Waals surface area (Å²) in [4.78, 5) is 1.86. The lowest BCUT2D eigenvalue weighted by Crippen LogP contribution is -1.95. The lowest BCUT2D eigenvalue weighted by molar-refractivity contribution is 0.624. The third-order valence-corrected chi connectivity index (χ3v) is 4.61. The van der Waals surface area contributed by atoms with E-state index < -0.39 is 0 Å². The Morgan fingerprint density at radius 1 is 0.762 bits per heavy atom. The molecule has 0 aliphatic heterocycles. The average molecular weight is 347 g/mol. The molecule has 112 valence electrons. The first kappa shape index (κ1) is 16.6. The van der Waals surface area contributed by atoms with Crippen LogP contribution in [0.5, 0.6) is 0 Å². The monoisotopic (exact) mass is 346 g/mol. The van der Waals surface area contributed by atoms with E-state index in [1.807, 2.05) is 0 Å². The summed E-state index contributed by atoms with van der Waals surface area (Å²) in [6.07, 6.45) is 1.18. The minimum atomic E-state index is -0.278. The van der Waals surface area contributed by atoms with Crippen molar-refractivity contribution in [2.24, 2.45) is 0 Å². The van der Waals surface area contributed by atoms with Crippen molar-refractivity contribution in [3.8, 4) is 0 Å². The minimum Gasteiger partial charge on any atom is -0.207 e. The van der Waals surface area contributed by atoms with Crippen molar-refractivity contribution in [2.45, 2.75) is 22.6 Å². The zero-order valence-corrected chi connectivity index (χ0v) is 13.5. The Balaban J connectivity index is 2.33. The molecule has 0 saturated carbocycles. The van der Waals surface area contributed by atoms with Gasteiger partial charge in [0.15, 0.2) is 0 Å². The number of hydrogen-bond donors (Lipinski definition) is 0. The molecular weight excluding hydrogens is 333 g/mol. The Morgan fingerprint density at radius 3 is 1.57 bits per heavy atom. The molecule has 0 atom stereocenters. The van der Waals surface area contributed by atoms with Crippen molar-refractivity contribution < 1.29 is 8.78 Å². The van der Waals surface area contributed by atoms with Gasteiger partial charge in [-0.25, -0.2) is 8.78 Å². The molecule has 2 aromatic rings. The number of benzene rings is 2. The number of halogens is 4. The van der Waals surface area contributed by atoms with Gasteiger partial charge in [0.25, 0.3) is 0 Å². The van der Waals surface area contributed by atoms with E-state index in [-0.39, 0.29) is 11.6 Å². The number of rotatable bonds is 6. The van der Waals surface area contributed by atoms with Crippen LogP contribution in [-0.4, -0.2) is 11.8 Å². The van der Waals surface area contributed by atoms with Crippen LogP contribution in [0.3, 0.4) is 0 Å². The number of hydrogen-bond acceptors (Lipinski definition) is 1. The van der Waals surface area contributed by atoms with E-state index in [0.717, 1.165) is 20.9 Å². The quantitative estimate of drug-likeness (QED) is 0.606. The fourth-order valence-corrected chi connectivity index (χ4v) is 3.51. The minimum absolute atomic E-state index is 0.278. The molecular formula is C16H14Cl2F2S. The smallest absolute Gasteiger partial charge is 0.123 e. The largest absolute Gasteiger partial charge is 0.207 e. The van der Waals surface area contributed by atoms with Gasteiger partial charge < -0.3 is 0 Å². The Kier molecular flexibility index (Phi) is 6.34. The van der Waals surface area contributed by atoms with Gasteiger partial charge in [-0.3, -0.25) is 0 Å². The Hall–Kier alpha value is -0.770. The van der Waals surface area contributed by atoms with Crippen molar-refractivity contribution in [3.05, 3.63) is 59.2 Å². The Bertz CT molecular complexity index is 564. The molecule has 0 bridgehead atoms. The molecule has 5 heteroatoms. The van der Waals surface area contributed by atoms with Crippen molar-refractivity contribution >= 4 is 35.0 Å². The van der Waals surface area contributed by atoms with Crippen LogP contribution in [-0.2, 0) is 12.8 Å². The maximum absolute atomic E-state index is 13.3. The van der Waals surface area contributed by atoms with Crippen LogP contribution >= 0.6 is 35.0 Å². The van der Waals surface area contributed by atoms with Gasteiger partial charge in [-0.15, -0.1) is 23.2 Å². The second kappa shape index (κ2) is 8.02. The van der Waals surface area contributed by atoms with Crippen molar-refractivity contribution in [3.63, 3.8) is 0 Å². The van der Waals surface area contributed by atoms with Crippen LogP contribution in [0.25, 0.3) is 0 Å². The molecule has 0 aliphatic carbocycles. The fourth-order valence-electron chi connectivity index (χ4n) is 2.01. The van der Waals surface area contributed by atoms with Crippen molar-refractivity contribution in [2.75, 3.05) is 11.8 Å². The van der Waals surface area contributed by atoms with Crippen LogP contribution < -0.4 is 0 Å². The van der Waals surface area contributed by atoms with Gasteiger partial charge in [-0.2, -0.15) is 0 Å². The summed E-state index contributed by atoms with van der Waals surface area (Å²) in [6, 6.07) is 9.30. The van der Waals surface area contributed by atoms with Crippen molar-refractivity contribution in [1.82, 2.24) is 0 Å². The van der Waals surface area contributed by atoms with Crippen LogP contribution in [0.4, 0.5) is 8.78 Å². The molecule has 21 heavy (non-hydrogen) atoms. The molecule has 0 spiro atoms. The Labute approximate surface area is 137 Å². The van der Waals surface area contributed by atoms with Gasteiger partial charge in [-0.05, 0) is 60.4 Å². The summed E-state index contributed by atoms with van der Waals surface area (Å²) in [5.74, 6) is 0.295. The predicted octanol–water partition coefficient (Wildman–Crippen LogP) is 5.68. The van der Waals surface area contributed by atoms with Crippen LogP contribution in [0.2, 0.25) is 0 Å². The molecule has 0 saturated heterocycles. The molecule has 0 unspecified atom stereocenters. The predicted molar refractivity (Wildman–Crippen MR) is 85.8 cm³/mol. The molecule has 0 radical (unpaired) electrons. The first-order valence-corrected chi connectivity index (χ1v) is 8.39. The van der Waals surface area contributed by atoms with E-state index in [2.05, 4.69) is 0 Å². The summed E-state index contributed by atoms with van der Waals surface area (Å²) in [5.41, 5.74) is 1.72. The summed E-state index contributed by atoms with van der Waals surface area (Å²) >= 11 is 13.0.